The first-order chi connectivity index (χ1) is 32.6. The highest BCUT2D eigenvalue weighted by Gasteiger charge is 2.48. The third kappa shape index (κ3) is 38.0. The van der Waals surface area contributed by atoms with E-state index in [1.54, 1.807) is 0 Å². The van der Waals surface area contributed by atoms with Gasteiger partial charge >= 0.3 is 16.4 Å². The Balaban J connectivity index is 2.40. The van der Waals surface area contributed by atoms with E-state index in [4.69, 9.17) is 18.9 Å². The van der Waals surface area contributed by atoms with Gasteiger partial charge in [-0.3, -0.25) is 9.35 Å². The molecule has 6 unspecified atom stereocenters. The van der Waals surface area contributed by atoms with E-state index in [1.165, 1.54) is 103 Å². The zero-order valence-corrected chi connectivity index (χ0v) is 42.5. The third-order valence-electron chi connectivity index (χ3n) is 11.6. The molecule has 1 fully saturated rings. The molecule has 0 aromatic heterocycles. The predicted octanol–water partition coefficient (Wildman–Crippen LogP) is 12.2. The molecule has 13 heteroatoms. The lowest BCUT2D eigenvalue weighted by Crippen LogP contribution is -2.60. The zero-order chi connectivity index (χ0) is 48.9. The van der Waals surface area contributed by atoms with Crippen LogP contribution in [-0.2, 0) is 38.3 Å². The fraction of sp³-hybridized carbons (Fsp3) is 0.759. The van der Waals surface area contributed by atoms with Crippen molar-refractivity contribution in [1.29, 1.82) is 0 Å². The van der Waals surface area contributed by atoms with Gasteiger partial charge in [0.05, 0.1) is 19.8 Å². The van der Waals surface area contributed by atoms with Crippen LogP contribution >= 0.6 is 0 Å². The Hall–Kier alpha value is -2.46. The molecule has 0 aliphatic carbocycles. The summed E-state index contributed by atoms with van der Waals surface area (Å²) in [7, 11) is -5.08. The maximum atomic E-state index is 12.9. The van der Waals surface area contributed by atoms with Gasteiger partial charge in [-0.15, -0.1) is 0 Å². The number of hydrogen-bond acceptors (Lipinski definition) is 11. The number of rotatable bonds is 45. The number of carbonyl (C=O) groups excluding carboxylic acids is 1. The van der Waals surface area contributed by atoms with Crippen LogP contribution in [0.5, 0.6) is 0 Å². The summed E-state index contributed by atoms with van der Waals surface area (Å²) in [6.07, 6.45) is 49.5. The van der Waals surface area contributed by atoms with Crippen molar-refractivity contribution < 1.29 is 56.2 Å². The molecular weight excluding hydrogens is 873 g/mol. The summed E-state index contributed by atoms with van der Waals surface area (Å²) in [5.74, 6) is -0.418. The van der Waals surface area contributed by atoms with Crippen molar-refractivity contribution in [3.05, 3.63) is 72.9 Å². The number of aliphatic hydroxyl groups is 3. The molecule has 388 valence electrons. The lowest BCUT2D eigenvalue weighted by Gasteiger charge is -2.41. The van der Waals surface area contributed by atoms with E-state index in [0.717, 1.165) is 70.6 Å². The minimum atomic E-state index is -5.08. The Morgan fingerprint density at radius 2 is 1.01 bits per heavy atom. The van der Waals surface area contributed by atoms with Crippen LogP contribution in [0.25, 0.3) is 0 Å². The Labute approximate surface area is 407 Å². The quantitative estimate of drug-likeness (QED) is 0.0197. The van der Waals surface area contributed by atoms with Gasteiger partial charge in [0.15, 0.2) is 6.29 Å². The number of hydrogen-bond donors (Lipinski definition) is 4. The number of esters is 1. The van der Waals surface area contributed by atoms with Crippen LogP contribution < -0.4 is 0 Å². The zero-order valence-electron chi connectivity index (χ0n) is 41.7. The molecule has 0 radical (unpaired) electrons. The lowest BCUT2D eigenvalue weighted by atomic mass is 9.99. The molecule has 0 bridgehead atoms. The van der Waals surface area contributed by atoms with E-state index < -0.39 is 59.8 Å². The summed E-state index contributed by atoms with van der Waals surface area (Å²) in [5, 5.41) is 30.8. The fourth-order valence-corrected chi connectivity index (χ4v) is 8.20. The molecule has 1 heterocycles. The van der Waals surface area contributed by atoms with Crippen molar-refractivity contribution in [1.82, 2.24) is 0 Å². The molecule has 6 atom stereocenters. The second-order valence-electron chi connectivity index (χ2n) is 17.7. The highest BCUT2D eigenvalue weighted by atomic mass is 32.3. The van der Waals surface area contributed by atoms with E-state index in [2.05, 4.69) is 90.9 Å². The van der Waals surface area contributed by atoms with Gasteiger partial charge in [0.25, 0.3) is 0 Å². The Morgan fingerprint density at radius 1 is 0.582 bits per heavy atom. The van der Waals surface area contributed by atoms with E-state index in [9.17, 15) is 33.1 Å². The lowest BCUT2D eigenvalue weighted by molar-refractivity contribution is -0.301. The molecule has 1 aliphatic rings. The van der Waals surface area contributed by atoms with Gasteiger partial charge in [-0.1, -0.05) is 209 Å². The average Bonchev–Trinajstić information content (AvgIpc) is 3.30. The molecule has 0 aromatic carbocycles. The molecule has 1 aliphatic heterocycles. The summed E-state index contributed by atoms with van der Waals surface area (Å²) in [6, 6.07) is 0. The van der Waals surface area contributed by atoms with Gasteiger partial charge in [-0.2, -0.15) is 8.42 Å². The van der Waals surface area contributed by atoms with Crippen LogP contribution in [0.15, 0.2) is 72.9 Å². The van der Waals surface area contributed by atoms with E-state index in [1.807, 2.05) is 0 Å². The molecule has 0 saturated carbocycles. The highest BCUT2D eigenvalue weighted by Crippen LogP contribution is 2.26. The second-order valence-corrected chi connectivity index (χ2v) is 18.8. The maximum absolute atomic E-state index is 12.9. The molecule has 67 heavy (non-hydrogen) atoms. The number of carbonyl (C=O) groups is 1. The largest absolute Gasteiger partial charge is 0.457 e. The fourth-order valence-electron chi connectivity index (χ4n) is 7.69. The highest BCUT2D eigenvalue weighted by molar-refractivity contribution is 7.80. The summed E-state index contributed by atoms with van der Waals surface area (Å²) in [4.78, 5) is 12.9. The van der Waals surface area contributed by atoms with Crippen LogP contribution in [0, 0.1) is 0 Å². The van der Waals surface area contributed by atoms with Crippen molar-refractivity contribution in [2.24, 2.45) is 0 Å². The van der Waals surface area contributed by atoms with Crippen LogP contribution in [0.3, 0.4) is 0 Å². The topological polar surface area (TPSA) is 178 Å². The van der Waals surface area contributed by atoms with Crippen LogP contribution in [-0.4, -0.2) is 97.5 Å². The predicted molar refractivity (Wildman–Crippen MR) is 271 cm³/mol. The Bertz CT molecular complexity index is 1440. The van der Waals surface area contributed by atoms with Gasteiger partial charge < -0.3 is 34.3 Å². The SMILES string of the molecule is CC/C=C\C/C=C\C/C=C\C/C=C\C/C=C\C/C=C\CCCOCC(COC1OC(CO)C(O)C(OS(=O)(=O)O)C1O)OC(=O)CCCCCCCCCCCCCCCCCCCCCC. The number of allylic oxidation sites excluding steroid dienone is 12. The van der Waals surface area contributed by atoms with Crippen molar-refractivity contribution in [2.45, 2.75) is 237 Å². The van der Waals surface area contributed by atoms with Gasteiger partial charge in [-0.25, -0.2) is 4.18 Å². The maximum Gasteiger partial charge on any atom is 0.397 e. The van der Waals surface area contributed by atoms with Crippen molar-refractivity contribution in [3.63, 3.8) is 0 Å². The molecule has 0 spiro atoms. The number of aliphatic hydroxyl groups excluding tert-OH is 3. The monoisotopic (exact) mass is 967 g/mol. The first kappa shape index (κ1) is 62.6. The molecule has 1 saturated heterocycles. The molecule has 4 N–H and O–H groups in total. The van der Waals surface area contributed by atoms with Gasteiger partial charge in [0.2, 0.25) is 0 Å². The van der Waals surface area contributed by atoms with E-state index >= 15 is 0 Å². The number of ether oxygens (including phenoxy) is 4. The summed E-state index contributed by atoms with van der Waals surface area (Å²) in [6.45, 7) is 3.74. The van der Waals surface area contributed by atoms with Gasteiger partial charge in [0, 0.05) is 13.0 Å². The average molecular weight is 967 g/mol. The first-order valence-electron chi connectivity index (χ1n) is 26.2. The molecule has 12 nitrogen and oxygen atoms in total. The summed E-state index contributed by atoms with van der Waals surface area (Å²) in [5.41, 5.74) is 0. The Morgan fingerprint density at radius 3 is 1.45 bits per heavy atom. The molecule has 0 aromatic rings. The van der Waals surface area contributed by atoms with Crippen LogP contribution in [0.1, 0.15) is 200 Å². The Kier molecular flexibility index (Phi) is 41.8. The normalized spacial score (nSPS) is 20.0. The van der Waals surface area contributed by atoms with Gasteiger partial charge in [0.1, 0.15) is 30.5 Å². The smallest absolute Gasteiger partial charge is 0.397 e. The standard InChI is InChI=1S/C54H94O12S/c1-3-5-7-9-11-13-15-17-19-21-23-25-27-29-31-33-35-37-39-41-43-50(56)64-48(47-63-54-52(58)53(66-67(59,60)61)51(57)49(45-55)65-54)46-62-44-42-40-38-36-34-32-30-28-26-24-22-20-18-16-14-12-10-8-6-4-2/h6,8,12,14,18,20,24,26,30,32,36,38,48-49,51-55,57-58H,3-5,7,9-11,13,15-17,19,21-23,25,27-29,31,33-35,37,39-47H2,1-2H3,(H,59,60,61)/b8-6-,14-12-,20-18-,26-24-,32-30-,38-36-. The van der Waals surface area contributed by atoms with E-state index in [-0.39, 0.29) is 19.6 Å². The summed E-state index contributed by atoms with van der Waals surface area (Å²) >= 11 is 0. The minimum absolute atomic E-state index is 0.00540. The molecular formula is C54H94O12S. The number of unbranched alkanes of at least 4 members (excludes halogenated alkanes) is 20. The molecule has 0 amide bonds. The van der Waals surface area contributed by atoms with Crippen molar-refractivity contribution >= 4 is 16.4 Å². The minimum Gasteiger partial charge on any atom is -0.457 e. The van der Waals surface area contributed by atoms with Crippen molar-refractivity contribution in [2.75, 3.05) is 26.4 Å². The first-order valence-corrected chi connectivity index (χ1v) is 27.6. The summed E-state index contributed by atoms with van der Waals surface area (Å²) < 4.78 is 59.2. The third-order valence-corrected chi connectivity index (χ3v) is 12.1. The van der Waals surface area contributed by atoms with Crippen LogP contribution in [0.4, 0.5) is 0 Å². The van der Waals surface area contributed by atoms with Crippen LogP contribution in [0.2, 0.25) is 0 Å². The second kappa shape index (κ2) is 44.7. The molecule has 1 rings (SSSR count). The van der Waals surface area contributed by atoms with E-state index in [0.29, 0.717) is 13.0 Å². The van der Waals surface area contributed by atoms with Crippen molar-refractivity contribution in [3.8, 4) is 0 Å². The van der Waals surface area contributed by atoms with Gasteiger partial charge in [-0.05, 0) is 57.8 Å².